The van der Waals surface area contributed by atoms with E-state index in [9.17, 15) is 4.39 Å². The lowest BCUT2D eigenvalue weighted by Crippen LogP contribution is -1.87. The maximum Gasteiger partial charge on any atom is 0.177 e. The molecule has 0 spiro atoms. The van der Waals surface area contributed by atoms with Gasteiger partial charge in [0.2, 0.25) is 0 Å². The fraction of sp³-hybridized carbons (Fsp3) is 0.125. The lowest BCUT2D eigenvalue weighted by atomic mass is 10.3. The van der Waals surface area contributed by atoms with Crippen molar-refractivity contribution in [1.29, 1.82) is 0 Å². The van der Waals surface area contributed by atoms with E-state index in [1.807, 2.05) is 0 Å². The number of aromatic nitrogens is 2. The third-order valence-corrected chi connectivity index (χ3v) is 2.93. The van der Waals surface area contributed by atoms with Gasteiger partial charge in [0.15, 0.2) is 4.77 Å². The Bertz CT molecular complexity index is 529. The molecular weight excluding hydrogens is 255 g/mol. The van der Waals surface area contributed by atoms with Gasteiger partial charge in [-0.15, -0.1) is 0 Å². The van der Waals surface area contributed by atoms with Gasteiger partial charge in [-0.2, -0.15) is 0 Å². The van der Waals surface area contributed by atoms with Gasteiger partial charge in [0.25, 0.3) is 0 Å². The Morgan fingerprint density at radius 2 is 2.23 bits per heavy atom. The Labute approximate surface area is 87.5 Å². The lowest BCUT2D eigenvalue weighted by molar-refractivity contribution is 0.622. The largest absolute Gasteiger partial charge is 0.331 e. The molecule has 0 saturated carbocycles. The first-order valence-corrected chi connectivity index (χ1v) is 4.83. The Kier molecular flexibility index (Phi) is 2.00. The second kappa shape index (κ2) is 2.92. The van der Waals surface area contributed by atoms with Gasteiger partial charge in [0.05, 0.1) is 15.5 Å². The molecule has 0 saturated heterocycles. The second-order valence-corrected chi connectivity index (χ2v) is 4.01. The highest BCUT2D eigenvalue weighted by Gasteiger charge is 2.05. The number of imidazole rings is 1. The van der Waals surface area contributed by atoms with Crippen LogP contribution < -0.4 is 0 Å². The SMILES string of the molecule is Cn1c(=S)[nH]c2cc(Br)c(F)cc21. The van der Waals surface area contributed by atoms with Gasteiger partial charge in [-0.25, -0.2) is 4.39 Å². The third kappa shape index (κ3) is 1.32. The summed E-state index contributed by atoms with van der Waals surface area (Å²) in [5.41, 5.74) is 1.60. The molecule has 0 fully saturated rings. The number of hydrogen-bond acceptors (Lipinski definition) is 1. The van der Waals surface area contributed by atoms with Crippen LogP contribution in [0.25, 0.3) is 11.0 Å². The number of H-pyrrole nitrogens is 1. The molecule has 13 heavy (non-hydrogen) atoms. The average molecular weight is 261 g/mol. The second-order valence-electron chi connectivity index (χ2n) is 2.77. The van der Waals surface area contributed by atoms with Gasteiger partial charge >= 0.3 is 0 Å². The van der Waals surface area contributed by atoms with Gasteiger partial charge in [-0.1, -0.05) is 0 Å². The van der Waals surface area contributed by atoms with Crippen LogP contribution in [0.5, 0.6) is 0 Å². The molecule has 0 aliphatic heterocycles. The number of nitrogens with zero attached hydrogens (tertiary/aromatic N) is 1. The number of rotatable bonds is 0. The highest BCUT2D eigenvalue weighted by molar-refractivity contribution is 9.10. The Balaban J connectivity index is 2.97. The first-order valence-electron chi connectivity index (χ1n) is 3.63. The zero-order valence-corrected chi connectivity index (χ0v) is 9.17. The first-order chi connectivity index (χ1) is 6.09. The minimum atomic E-state index is -0.280. The molecule has 1 heterocycles. The molecule has 0 aliphatic rings. The highest BCUT2D eigenvalue weighted by atomic mass is 79.9. The van der Waals surface area contributed by atoms with E-state index in [0.717, 1.165) is 11.0 Å². The van der Waals surface area contributed by atoms with Crippen molar-refractivity contribution in [3.8, 4) is 0 Å². The summed E-state index contributed by atoms with van der Waals surface area (Å²) in [5.74, 6) is -0.280. The van der Waals surface area contributed by atoms with E-state index >= 15 is 0 Å². The molecule has 0 bridgehead atoms. The zero-order valence-electron chi connectivity index (χ0n) is 6.77. The van der Waals surface area contributed by atoms with Crippen molar-refractivity contribution < 1.29 is 4.39 Å². The molecule has 1 aromatic heterocycles. The first kappa shape index (κ1) is 8.90. The minimum Gasteiger partial charge on any atom is -0.331 e. The highest BCUT2D eigenvalue weighted by Crippen LogP contribution is 2.22. The van der Waals surface area contributed by atoms with E-state index in [2.05, 4.69) is 20.9 Å². The molecule has 2 nitrogen and oxygen atoms in total. The topological polar surface area (TPSA) is 20.7 Å². The van der Waals surface area contributed by atoms with Crippen LogP contribution in [0.1, 0.15) is 0 Å². The number of hydrogen-bond donors (Lipinski definition) is 1. The standard InChI is InChI=1S/C8H6BrFN2S/c1-12-7-3-5(10)4(9)2-6(7)11-8(12)13/h2-3H,1H3,(H,11,13). The number of fused-ring (bicyclic) bond motifs is 1. The van der Waals surface area contributed by atoms with E-state index in [1.54, 1.807) is 17.7 Å². The van der Waals surface area contributed by atoms with Crippen molar-refractivity contribution in [3.05, 3.63) is 27.2 Å². The molecule has 0 unspecified atom stereocenters. The van der Waals surface area contributed by atoms with Crippen molar-refractivity contribution in [2.24, 2.45) is 7.05 Å². The van der Waals surface area contributed by atoms with Crippen LogP contribution in [0.15, 0.2) is 16.6 Å². The Morgan fingerprint density at radius 3 is 2.92 bits per heavy atom. The summed E-state index contributed by atoms with van der Waals surface area (Å²) in [6.07, 6.45) is 0. The normalized spacial score (nSPS) is 11.0. The molecule has 68 valence electrons. The smallest absolute Gasteiger partial charge is 0.177 e. The zero-order chi connectivity index (χ0) is 9.59. The number of halogens is 2. The molecule has 2 rings (SSSR count). The van der Waals surface area contributed by atoms with Crippen LogP contribution in [0.2, 0.25) is 0 Å². The van der Waals surface area contributed by atoms with Gasteiger partial charge in [0.1, 0.15) is 5.82 Å². The number of aromatic amines is 1. The summed E-state index contributed by atoms with van der Waals surface area (Å²) in [5, 5.41) is 0. The van der Waals surface area contributed by atoms with Crippen molar-refractivity contribution in [2.45, 2.75) is 0 Å². The maximum absolute atomic E-state index is 13.1. The van der Waals surface area contributed by atoms with E-state index in [1.165, 1.54) is 6.07 Å². The fourth-order valence-corrected chi connectivity index (χ4v) is 1.77. The molecule has 0 aliphatic carbocycles. The van der Waals surface area contributed by atoms with Crippen LogP contribution in [-0.2, 0) is 7.05 Å². The monoisotopic (exact) mass is 260 g/mol. The Hall–Kier alpha value is -0.680. The van der Waals surface area contributed by atoms with Crippen LogP contribution in [0, 0.1) is 10.6 Å². The van der Waals surface area contributed by atoms with Gasteiger partial charge in [-0.05, 0) is 34.2 Å². The van der Waals surface area contributed by atoms with Crippen molar-refractivity contribution in [1.82, 2.24) is 9.55 Å². The minimum absolute atomic E-state index is 0.280. The van der Waals surface area contributed by atoms with Crippen LogP contribution >= 0.6 is 28.1 Å². The predicted octanol–water partition coefficient (Wildman–Crippen LogP) is 3.14. The van der Waals surface area contributed by atoms with Gasteiger partial charge in [0, 0.05) is 13.1 Å². The molecule has 1 N–H and O–H groups in total. The molecule has 0 radical (unpaired) electrons. The van der Waals surface area contributed by atoms with E-state index in [-0.39, 0.29) is 5.82 Å². The van der Waals surface area contributed by atoms with Gasteiger partial charge < -0.3 is 9.55 Å². The summed E-state index contributed by atoms with van der Waals surface area (Å²) < 4.78 is 15.9. The quantitative estimate of drug-likeness (QED) is 0.722. The molecular formula is C8H6BrFN2S. The molecule has 2 aromatic rings. The van der Waals surface area contributed by atoms with E-state index < -0.39 is 0 Å². The summed E-state index contributed by atoms with van der Waals surface area (Å²) in [6, 6.07) is 3.13. The maximum atomic E-state index is 13.1. The molecule has 5 heteroatoms. The van der Waals surface area contributed by atoms with Crippen molar-refractivity contribution in [2.75, 3.05) is 0 Å². The summed E-state index contributed by atoms with van der Waals surface area (Å²) >= 11 is 8.12. The third-order valence-electron chi connectivity index (χ3n) is 1.95. The summed E-state index contributed by atoms with van der Waals surface area (Å²) in [6.45, 7) is 0. The summed E-state index contributed by atoms with van der Waals surface area (Å²) in [7, 11) is 1.80. The van der Waals surface area contributed by atoms with E-state index in [0.29, 0.717) is 9.24 Å². The molecule has 0 amide bonds. The summed E-state index contributed by atoms with van der Waals surface area (Å²) in [4.78, 5) is 2.98. The molecule has 1 aromatic carbocycles. The lowest BCUT2D eigenvalue weighted by Gasteiger charge is -1.96. The van der Waals surface area contributed by atoms with Crippen molar-refractivity contribution in [3.63, 3.8) is 0 Å². The average Bonchev–Trinajstić information content (AvgIpc) is 2.32. The van der Waals surface area contributed by atoms with Crippen LogP contribution in [-0.4, -0.2) is 9.55 Å². The number of nitrogens with one attached hydrogen (secondary N) is 1. The Morgan fingerprint density at radius 1 is 1.54 bits per heavy atom. The van der Waals surface area contributed by atoms with Gasteiger partial charge in [-0.3, -0.25) is 0 Å². The molecule has 0 atom stereocenters. The predicted molar refractivity (Wildman–Crippen MR) is 55.8 cm³/mol. The van der Waals surface area contributed by atoms with Crippen LogP contribution in [0.4, 0.5) is 4.39 Å². The fourth-order valence-electron chi connectivity index (χ4n) is 1.22. The number of aryl methyl sites for hydroxylation is 1. The van der Waals surface area contributed by atoms with E-state index in [4.69, 9.17) is 12.2 Å². The number of benzene rings is 1. The van der Waals surface area contributed by atoms with Crippen molar-refractivity contribution >= 4 is 39.2 Å². The van der Waals surface area contributed by atoms with Crippen LogP contribution in [0.3, 0.4) is 0 Å².